The van der Waals surface area contributed by atoms with E-state index in [0.29, 0.717) is 0 Å². The smallest absolute Gasteiger partial charge is 0.0533 e. The fraction of sp³-hybridized carbons (Fsp3) is 0.333. The van der Waals surface area contributed by atoms with E-state index >= 15 is 0 Å². The van der Waals surface area contributed by atoms with E-state index < -0.39 is 0 Å². The van der Waals surface area contributed by atoms with Crippen LogP contribution in [0.25, 0.3) is 11.1 Å². The van der Waals surface area contributed by atoms with Crippen LogP contribution in [0.3, 0.4) is 0 Å². The van der Waals surface area contributed by atoms with Gasteiger partial charge < -0.3 is 5.11 Å². The maximum atomic E-state index is 9.73. The molecule has 0 bridgehead atoms. The summed E-state index contributed by atoms with van der Waals surface area (Å²) in [6.07, 6.45) is 1.07. The second-order valence-electron chi connectivity index (χ2n) is 6.24. The number of aliphatic hydroxyl groups excluding tert-OH is 1. The zero-order valence-corrected chi connectivity index (χ0v) is 11.6. The van der Waals surface area contributed by atoms with Crippen molar-refractivity contribution in [3.05, 3.63) is 60.2 Å². The van der Waals surface area contributed by atoms with Gasteiger partial charge in [-0.1, -0.05) is 68.4 Å². The molecule has 0 radical (unpaired) electrons. The van der Waals surface area contributed by atoms with Crippen molar-refractivity contribution in [2.24, 2.45) is 5.41 Å². The lowest BCUT2D eigenvalue weighted by molar-refractivity contribution is 0.231. The van der Waals surface area contributed by atoms with Crippen LogP contribution in [-0.4, -0.2) is 11.7 Å². The minimum Gasteiger partial charge on any atom is -0.395 e. The molecule has 1 fully saturated rings. The Labute approximate surface area is 114 Å². The molecule has 19 heavy (non-hydrogen) atoms. The van der Waals surface area contributed by atoms with E-state index in [2.05, 4.69) is 62.4 Å². The zero-order chi connectivity index (χ0) is 13.5. The van der Waals surface area contributed by atoms with E-state index in [9.17, 15) is 5.11 Å². The predicted molar refractivity (Wildman–Crippen MR) is 79.0 cm³/mol. The molecule has 1 N–H and O–H groups in total. The van der Waals surface area contributed by atoms with E-state index in [1.807, 2.05) is 6.07 Å². The van der Waals surface area contributed by atoms with Gasteiger partial charge in [-0.3, -0.25) is 0 Å². The molecular formula is C18H20O. The molecule has 1 aliphatic carbocycles. The molecule has 1 saturated carbocycles. The topological polar surface area (TPSA) is 20.2 Å². The summed E-state index contributed by atoms with van der Waals surface area (Å²) >= 11 is 0. The number of aliphatic hydroxyl groups is 1. The van der Waals surface area contributed by atoms with Crippen LogP contribution in [0.5, 0.6) is 0 Å². The molecule has 0 heterocycles. The van der Waals surface area contributed by atoms with Crippen molar-refractivity contribution in [1.82, 2.24) is 0 Å². The molecule has 3 rings (SSSR count). The molecule has 2 aromatic rings. The van der Waals surface area contributed by atoms with E-state index in [1.54, 1.807) is 0 Å². The lowest BCUT2D eigenvalue weighted by atomic mass is 9.88. The van der Waals surface area contributed by atoms with Crippen LogP contribution in [-0.2, 0) is 5.41 Å². The molecule has 0 aliphatic heterocycles. The van der Waals surface area contributed by atoms with Crippen LogP contribution in [0.2, 0.25) is 0 Å². The summed E-state index contributed by atoms with van der Waals surface area (Å²) in [5.41, 5.74) is 3.93. The average Bonchev–Trinajstić information content (AvgIpc) is 3.03. The lowest BCUT2D eigenvalue weighted by Crippen LogP contribution is -2.19. The summed E-state index contributed by atoms with van der Waals surface area (Å²) in [5.74, 6) is 0. The number of hydrogen-bond donors (Lipinski definition) is 1. The largest absolute Gasteiger partial charge is 0.395 e. The van der Waals surface area contributed by atoms with Gasteiger partial charge in [0.15, 0.2) is 0 Å². The van der Waals surface area contributed by atoms with Gasteiger partial charge >= 0.3 is 0 Å². The Balaban J connectivity index is 1.93. The molecule has 1 nitrogen and oxygen atoms in total. The number of benzene rings is 2. The highest BCUT2D eigenvalue weighted by Gasteiger charge is 2.61. The highest BCUT2D eigenvalue weighted by molar-refractivity contribution is 5.64. The summed E-state index contributed by atoms with van der Waals surface area (Å²) in [6, 6.07) is 19.1. The first-order valence-electron chi connectivity index (χ1n) is 6.86. The first-order chi connectivity index (χ1) is 9.09. The molecule has 1 atom stereocenters. The molecule has 0 saturated heterocycles. The molecule has 1 heteroatoms. The Morgan fingerprint density at radius 1 is 0.895 bits per heavy atom. The standard InChI is InChI=1S/C18H20O/c1-17(2)12-18(17,13-19)16-10-8-15(9-11-16)14-6-4-3-5-7-14/h3-11,19H,12-13H2,1-2H3. The van der Waals surface area contributed by atoms with Gasteiger partial charge in [0, 0.05) is 5.41 Å². The van der Waals surface area contributed by atoms with Crippen molar-refractivity contribution < 1.29 is 5.11 Å². The lowest BCUT2D eigenvalue weighted by Gasteiger charge is -2.18. The Kier molecular flexibility index (Phi) is 2.75. The predicted octanol–water partition coefficient (Wildman–Crippen LogP) is 4.01. The van der Waals surface area contributed by atoms with Gasteiger partial charge in [-0.05, 0) is 28.5 Å². The van der Waals surface area contributed by atoms with Crippen LogP contribution in [0.15, 0.2) is 54.6 Å². The summed E-state index contributed by atoms with van der Waals surface area (Å²) in [7, 11) is 0. The molecule has 98 valence electrons. The third kappa shape index (κ3) is 1.89. The minimum atomic E-state index is -0.0256. The molecule has 1 unspecified atom stereocenters. The maximum absolute atomic E-state index is 9.73. The Bertz CT molecular complexity index is 568. The normalized spacial score (nSPS) is 24.2. The second kappa shape index (κ2) is 4.21. The van der Waals surface area contributed by atoms with Crippen molar-refractivity contribution >= 4 is 0 Å². The highest BCUT2D eigenvalue weighted by Crippen LogP contribution is 2.63. The summed E-state index contributed by atoms with van der Waals surface area (Å²) < 4.78 is 0. The van der Waals surface area contributed by atoms with Crippen LogP contribution < -0.4 is 0 Å². The van der Waals surface area contributed by atoms with Crippen molar-refractivity contribution in [3.63, 3.8) is 0 Å². The van der Waals surface area contributed by atoms with E-state index in [4.69, 9.17) is 0 Å². The number of hydrogen-bond acceptors (Lipinski definition) is 1. The van der Waals surface area contributed by atoms with E-state index in [1.165, 1.54) is 16.7 Å². The van der Waals surface area contributed by atoms with Crippen molar-refractivity contribution in [3.8, 4) is 11.1 Å². The second-order valence-corrected chi connectivity index (χ2v) is 6.24. The van der Waals surface area contributed by atoms with Gasteiger partial charge in [0.05, 0.1) is 6.61 Å². The van der Waals surface area contributed by atoms with Crippen LogP contribution in [0.1, 0.15) is 25.8 Å². The zero-order valence-electron chi connectivity index (χ0n) is 11.6. The summed E-state index contributed by atoms with van der Waals surface area (Å²) in [5, 5.41) is 9.73. The van der Waals surface area contributed by atoms with Crippen molar-refractivity contribution in [1.29, 1.82) is 0 Å². The summed E-state index contributed by atoms with van der Waals surface area (Å²) in [4.78, 5) is 0. The van der Waals surface area contributed by atoms with Crippen LogP contribution in [0.4, 0.5) is 0 Å². The Morgan fingerprint density at radius 3 is 1.89 bits per heavy atom. The molecular weight excluding hydrogens is 232 g/mol. The molecule has 0 amide bonds. The van der Waals surface area contributed by atoms with Crippen molar-refractivity contribution in [2.45, 2.75) is 25.7 Å². The monoisotopic (exact) mass is 252 g/mol. The van der Waals surface area contributed by atoms with E-state index in [-0.39, 0.29) is 17.4 Å². The van der Waals surface area contributed by atoms with Crippen molar-refractivity contribution in [2.75, 3.05) is 6.61 Å². The Hall–Kier alpha value is -1.60. The average molecular weight is 252 g/mol. The van der Waals surface area contributed by atoms with Gasteiger partial charge in [-0.25, -0.2) is 0 Å². The highest BCUT2D eigenvalue weighted by atomic mass is 16.3. The maximum Gasteiger partial charge on any atom is 0.0533 e. The third-order valence-corrected chi connectivity index (χ3v) is 4.73. The van der Waals surface area contributed by atoms with Gasteiger partial charge in [0.25, 0.3) is 0 Å². The first kappa shape index (κ1) is 12.4. The quantitative estimate of drug-likeness (QED) is 0.875. The van der Waals surface area contributed by atoms with E-state index in [0.717, 1.165) is 6.42 Å². The van der Waals surface area contributed by atoms with Gasteiger partial charge in [0.2, 0.25) is 0 Å². The summed E-state index contributed by atoms with van der Waals surface area (Å²) in [6.45, 7) is 4.70. The number of rotatable bonds is 3. The molecule has 1 aliphatic rings. The Morgan fingerprint density at radius 2 is 1.42 bits per heavy atom. The van der Waals surface area contributed by atoms with Gasteiger partial charge in [-0.15, -0.1) is 0 Å². The van der Waals surface area contributed by atoms with Crippen LogP contribution >= 0.6 is 0 Å². The third-order valence-electron chi connectivity index (χ3n) is 4.73. The fourth-order valence-electron chi connectivity index (χ4n) is 3.18. The SMILES string of the molecule is CC1(C)CC1(CO)c1ccc(-c2ccccc2)cc1. The minimum absolute atomic E-state index is 0.0256. The first-order valence-corrected chi connectivity index (χ1v) is 6.86. The van der Waals surface area contributed by atoms with Gasteiger partial charge in [-0.2, -0.15) is 0 Å². The fourth-order valence-corrected chi connectivity index (χ4v) is 3.18. The van der Waals surface area contributed by atoms with Crippen LogP contribution in [0, 0.1) is 5.41 Å². The molecule has 0 aromatic heterocycles. The van der Waals surface area contributed by atoms with Gasteiger partial charge in [0.1, 0.15) is 0 Å². The molecule has 0 spiro atoms. The molecule has 2 aromatic carbocycles.